The van der Waals surface area contributed by atoms with Gasteiger partial charge in [-0.1, -0.05) is 43.3 Å². The van der Waals surface area contributed by atoms with Crippen LogP contribution in [0, 0.1) is 12.7 Å². The Morgan fingerprint density at radius 3 is 2.29 bits per heavy atom. The maximum Gasteiger partial charge on any atom is 0.242 e. The number of anilines is 1. The van der Waals surface area contributed by atoms with E-state index in [1.54, 1.807) is 11.0 Å². The van der Waals surface area contributed by atoms with Crippen molar-refractivity contribution in [3.05, 3.63) is 65.5 Å². The van der Waals surface area contributed by atoms with Gasteiger partial charge in [0.2, 0.25) is 21.8 Å². The van der Waals surface area contributed by atoms with Crippen LogP contribution in [0.2, 0.25) is 0 Å². The molecule has 1 N–H and O–H groups in total. The van der Waals surface area contributed by atoms with Crippen molar-refractivity contribution in [1.82, 2.24) is 10.2 Å². The largest absolute Gasteiger partial charge is 0.355 e. The van der Waals surface area contributed by atoms with E-state index in [1.807, 2.05) is 45.0 Å². The summed E-state index contributed by atoms with van der Waals surface area (Å²) in [5.74, 6) is -1.14. The van der Waals surface area contributed by atoms with E-state index in [0.29, 0.717) is 13.0 Å². The van der Waals surface area contributed by atoms with Crippen LogP contribution in [0.4, 0.5) is 10.1 Å². The number of hydrogen-bond donors (Lipinski definition) is 1. The van der Waals surface area contributed by atoms with Gasteiger partial charge in [-0.25, -0.2) is 12.8 Å². The number of aryl methyl sites for hydroxylation is 1. The molecule has 7 nitrogen and oxygen atoms in total. The molecule has 0 aliphatic heterocycles. The minimum Gasteiger partial charge on any atom is -0.355 e. The summed E-state index contributed by atoms with van der Waals surface area (Å²) in [6, 6.07) is 12.6. The van der Waals surface area contributed by atoms with Crippen LogP contribution >= 0.6 is 0 Å². The number of para-hydroxylation sites is 1. The molecular formula is C25H34FN3O4S. The molecule has 0 saturated carbocycles. The van der Waals surface area contributed by atoms with Crippen LogP contribution in [0.15, 0.2) is 48.5 Å². The topological polar surface area (TPSA) is 86.8 Å². The van der Waals surface area contributed by atoms with Gasteiger partial charge in [0, 0.05) is 26.1 Å². The molecule has 0 aromatic heterocycles. The average Bonchev–Trinajstić information content (AvgIpc) is 2.78. The highest BCUT2D eigenvalue weighted by Crippen LogP contribution is 2.22. The van der Waals surface area contributed by atoms with Crippen molar-refractivity contribution in [3.63, 3.8) is 0 Å². The Bertz CT molecular complexity index is 1090. The average molecular weight is 492 g/mol. The summed E-state index contributed by atoms with van der Waals surface area (Å²) in [5, 5.41) is 2.79. The number of carbonyl (C=O) groups excluding carboxylic acids is 2. The molecule has 0 heterocycles. The number of benzene rings is 2. The quantitative estimate of drug-likeness (QED) is 0.491. The van der Waals surface area contributed by atoms with Gasteiger partial charge in [-0.3, -0.25) is 13.9 Å². The number of nitrogens with one attached hydrogen (secondary N) is 1. The fourth-order valence-electron chi connectivity index (χ4n) is 3.82. The van der Waals surface area contributed by atoms with E-state index in [1.165, 1.54) is 18.2 Å². The molecule has 0 radical (unpaired) electrons. The lowest BCUT2D eigenvalue weighted by molar-refractivity contribution is -0.141. The third kappa shape index (κ3) is 7.28. The van der Waals surface area contributed by atoms with Gasteiger partial charge in [0.25, 0.3) is 0 Å². The Kier molecular flexibility index (Phi) is 10.0. The minimum atomic E-state index is -3.75. The van der Waals surface area contributed by atoms with Crippen molar-refractivity contribution in [2.24, 2.45) is 0 Å². The molecule has 2 amide bonds. The Morgan fingerprint density at radius 1 is 1.06 bits per heavy atom. The first-order valence-corrected chi connectivity index (χ1v) is 13.3. The highest BCUT2D eigenvalue weighted by atomic mass is 32.2. The van der Waals surface area contributed by atoms with Crippen LogP contribution in [0.1, 0.15) is 44.2 Å². The fraction of sp³-hybridized carbons (Fsp3) is 0.440. The SMILES string of the molecule is CCNC(=O)[C@H](CC)N(Cc1ccccc1C)C(=O)CCCN(c1ccccc1F)S(C)(=O)=O. The van der Waals surface area contributed by atoms with Crippen LogP contribution in [-0.4, -0.2) is 50.5 Å². The highest BCUT2D eigenvalue weighted by molar-refractivity contribution is 7.92. The Labute approximate surface area is 202 Å². The molecule has 2 aromatic rings. The monoisotopic (exact) mass is 491 g/mol. The molecule has 0 saturated heterocycles. The number of halogens is 1. The van der Waals surface area contributed by atoms with Crippen LogP contribution in [0.25, 0.3) is 0 Å². The van der Waals surface area contributed by atoms with E-state index in [0.717, 1.165) is 21.7 Å². The predicted octanol–water partition coefficient (Wildman–Crippen LogP) is 3.62. The summed E-state index contributed by atoms with van der Waals surface area (Å²) < 4.78 is 39.8. The zero-order chi connectivity index (χ0) is 25.3. The van der Waals surface area contributed by atoms with E-state index in [9.17, 15) is 22.4 Å². The molecule has 0 spiro atoms. The number of likely N-dealkylation sites (N-methyl/N-ethyl adjacent to an activating group) is 1. The number of carbonyl (C=O) groups is 2. The first kappa shape index (κ1) is 27.3. The Hall–Kier alpha value is -2.94. The first-order valence-electron chi connectivity index (χ1n) is 11.4. The van der Waals surface area contributed by atoms with Gasteiger partial charge in [-0.15, -0.1) is 0 Å². The summed E-state index contributed by atoms with van der Waals surface area (Å²) in [6.45, 7) is 6.28. The van der Waals surface area contributed by atoms with E-state index < -0.39 is 21.9 Å². The molecule has 0 bridgehead atoms. The Morgan fingerprint density at radius 2 is 1.71 bits per heavy atom. The van der Waals surface area contributed by atoms with E-state index >= 15 is 0 Å². The standard InChI is InChI=1S/C25H34FN3O4S/c1-5-22(25(31)27-6-2)28(18-20-13-8-7-12-19(20)3)24(30)16-11-17-29(34(4,32)33)23-15-10-9-14-21(23)26/h7-10,12-15,22H,5-6,11,16-18H2,1-4H3,(H,27,31)/t22-/m0/s1. The van der Waals surface area contributed by atoms with Gasteiger partial charge in [0.1, 0.15) is 11.9 Å². The van der Waals surface area contributed by atoms with Crippen molar-refractivity contribution in [2.75, 3.05) is 23.7 Å². The van der Waals surface area contributed by atoms with E-state index in [4.69, 9.17) is 0 Å². The van der Waals surface area contributed by atoms with Gasteiger partial charge in [0.15, 0.2) is 0 Å². The third-order valence-electron chi connectivity index (χ3n) is 5.61. The summed E-state index contributed by atoms with van der Waals surface area (Å²) in [6.07, 6.45) is 1.64. The molecule has 34 heavy (non-hydrogen) atoms. The Balaban J connectivity index is 2.22. The number of nitrogens with zero attached hydrogens (tertiary/aromatic N) is 2. The van der Waals surface area contributed by atoms with E-state index in [-0.39, 0.29) is 43.4 Å². The fourth-order valence-corrected chi connectivity index (χ4v) is 4.79. The zero-order valence-electron chi connectivity index (χ0n) is 20.3. The molecule has 0 aliphatic rings. The summed E-state index contributed by atoms with van der Waals surface area (Å²) >= 11 is 0. The molecule has 0 unspecified atom stereocenters. The highest BCUT2D eigenvalue weighted by Gasteiger charge is 2.29. The second-order valence-corrected chi connectivity index (χ2v) is 10.1. The lowest BCUT2D eigenvalue weighted by Crippen LogP contribution is -2.49. The second-order valence-electron chi connectivity index (χ2n) is 8.16. The lowest BCUT2D eigenvalue weighted by atomic mass is 10.1. The predicted molar refractivity (Wildman–Crippen MR) is 132 cm³/mol. The van der Waals surface area contributed by atoms with Gasteiger partial charge in [-0.05, 0) is 49.9 Å². The van der Waals surface area contributed by atoms with Crippen molar-refractivity contribution < 1.29 is 22.4 Å². The molecule has 9 heteroatoms. The van der Waals surface area contributed by atoms with Crippen LogP contribution in [0.5, 0.6) is 0 Å². The van der Waals surface area contributed by atoms with Gasteiger partial charge in [-0.2, -0.15) is 0 Å². The molecular weight excluding hydrogens is 457 g/mol. The summed E-state index contributed by atoms with van der Waals surface area (Å²) in [4.78, 5) is 27.6. The van der Waals surface area contributed by atoms with Gasteiger partial charge in [0.05, 0.1) is 11.9 Å². The summed E-state index contributed by atoms with van der Waals surface area (Å²) in [7, 11) is -3.75. The molecule has 2 aromatic carbocycles. The maximum absolute atomic E-state index is 14.3. The zero-order valence-corrected chi connectivity index (χ0v) is 21.1. The summed E-state index contributed by atoms with van der Waals surface area (Å²) in [5.41, 5.74) is 1.89. The number of sulfonamides is 1. The van der Waals surface area contributed by atoms with Crippen molar-refractivity contribution in [3.8, 4) is 0 Å². The normalized spacial score (nSPS) is 12.1. The third-order valence-corrected chi connectivity index (χ3v) is 6.79. The smallest absolute Gasteiger partial charge is 0.242 e. The van der Waals surface area contributed by atoms with E-state index in [2.05, 4.69) is 5.32 Å². The van der Waals surface area contributed by atoms with Gasteiger partial charge >= 0.3 is 0 Å². The van der Waals surface area contributed by atoms with Crippen LogP contribution in [0.3, 0.4) is 0 Å². The number of rotatable bonds is 12. The maximum atomic E-state index is 14.3. The minimum absolute atomic E-state index is 0.0161. The first-order chi connectivity index (χ1) is 16.1. The molecule has 186 valence electrons. The van der Waals surface area contributed by atoms with Crippen molar-refractivity contribution in [2.45, 2.75) is 52.6 Å². The van der Waals surface area contributed by atoms with Crippen molar-refractivity contribution in [1.29, 1.82) is 0 Å². The molecule has 0 fully saturated rings. The number of hydrogen-bond acceptors (Lipinski definition) is 4. The van der Waals surface area contributed by atoms with Crippen molar-refractivity contribution >= 4 is 27.5 Å². The lowest BCUT2D eigenvalue weighted by Gasteiger charge is -2.31. The van der Waals surface area contributed by atoms with Crippen LogP contribution < -0.4 is 9.62 Å². The molecule has 1 atom stereocenters. The molecule has 0 aliphatic carbocycles. The van der Waals surface area contributed by atoms with Crippen LogP contribution in [-0.2, 0) is 26.2 Å². The second kappa shape index (κ2) is 12.5. The van der Waals surface area contributed by atoms with Gasteiger partial charge < -0.3 is 10.2 Å². The number of amides is 2. The molecule has 2 rings (SSSR count).